The Balaban J connectivity index is 2.03. The van der Waals surface area contributed by atoms with Gasteiger partial charge in [0.05, 0.1) is 34.3 Å². The average molecular weight is 486 g/mol. The summed E-state index contributed by atoms with van der Waals surface area (Å²) in [5, 5.41) is 10.1. The van der Waals surface area contributed by atoms with Crippen LogP contribution >= 0.6 is 11.3 Å². The van der Waals surface area contributed by atoms with Gasteiger partial charge in [0.25, 0.3) is 5.56 Å². The fourth-order valence-corrected chi connectivity index (χ4v) is 5.40. The van der Waals surface area contributed by atoms with Gasteiger partial charge < -0.3 is 10.5 Å². The lowest BCUT2D eigenvalue weighted by molar-refractivity contribution is -0.136. The second-order valence-corrected chi connectivity index (χ2v) is 9.26. The van der Waals surface area contributed by atoms with E-state index in [1.807, 2.05) is 48.5 Å². The van der Waals surface area contributed by atoms with Gasteiger partial charge in [0.2, 0.25) is 0 Å². The molecule has 0 amide bonds. The first-order valence-electron chi connectivity index (χ1n) is 11.7. The molecular weight excluding hydrogens is 458 g/mol. The van der Waals surface area contributed by atoms with Crippen molar-refractivity contribution in [1.29, 1.82) is 5.26 Å². The van der Waals surface area contributed by atoms with Crippen LogP contribution in [0.3, 0.4) is 0 Å². The topological polar surface area (TPSA) is 98.1 Å². The molecule has 1 unspecified atom stereocenters. The number of allylic oxidation sites excluding steroid dienone is 1. The van der Waals surface area contributed by atoms with Gasteiger partial charge in [-0.05, 0) is 48.1 Å². The number of carbonyl (C=O) groups is 1. The average Bonchev–Trinajstić information content (AvgIpc) is 3.20. The third-order valence-electron chi connectivity index (χ3n) is 6.17. The van der Waals surface area contributed by atoms with Crippen molar-refractivity contribution in [2.24, 2.45) is 5.73 Å². The number of nitrogens with zero attached hydrogens (tertiary/aromatic N) is 2. The van der Waals surface area contributed by atoms with Crippen molar-refractivity contribution in [3.8, 4) is 6.07 Å². The van der Waals surface area contributed by atoms with Gasteiger partial charge in [0.15, 0.2) is 0 Å². The number of esters is 1. The molecule has 1 aliphatic heterocycles. The van der Waals surface area contributed by atoms with Gasteiger partial charge in [-0.3, -0.25) is 9.36 Å². The quantitative estimate of drug-likeness (QED) is 0.541. The lowest BCUT2D eigenvalue weighted by Crippen LogP contribution is -2.40. The number of fused-ring (bicyclic) bond motifs is 1. The second kappa shape index (κ2) is 10.2. The van der Waals surface area contributed by atoms with E-state index in [2.05, 4.69) is 19.9 Å². The van der Waals surface area contributed by atoms with Crippen LogP contribution in [0.5, 0.6) is 0 Å². The minimum Gasteiger partial charge on any atom is -0.463 e. The molecule has 178 valence electrons. The van der Waals surface area contributed by atoms with Gasteiger partial charge in [-0.15, -0.1) is 11.3 Å². The Morgan fingerprint density at radius 1 is 1.09 bits per heavy atom. The van der Waals surface area contributed by atoms with Crippen LogP contribution in [-0.4, -0.2) is 17.1 Å². The minimum absolute atomic E-state index is 0.0438. The molecule has 7 heteroatoms. The summed E-state index contributed by atoms with van der Waals surface area (Å²) in [5.41, 5.74) is 10.4. The summed E-state index contributed by atoms with van der Waals surface area (Å²) in [6.07, 6.45) is 3.57. The Morgan fingerprint density at radius 3 is 2.23 bits per heavy atom. The van der Waals surface area contributed by atoms with Crippen molar-refractivity contribution >= 4 is 34.8 Å². The SMILES string of the molecule is CCOC(=O)C1=c2s/c(=C\c3ccc(CC)cc3)c(=O)n2C(N)=C(C#N)C1c1ccc(CC)cc1. The number of nitrogens with two attached hydrogens (primary N) is 1. The Labute approximate surface area is 207 Å². The van der Waals surface area contributed by atoms with E-state index in [1.165, 1.54) is 21.5 Å². The number of hydrogen-bond donors (Lipinski definition) is 1. The monoisotopic (exact) mass is 485 g/mol. The van der Waals surface area contributed by atoms with E-state index in [-0.39, 0.29) is 29.1 Å². The molecule has 2 aromatic carbocycles. The Bertz CT molecular complexity index is 1520. The van der Waals surface area contributed by atoms with E-state index in [1.54, 1.807) is 13.0 Å². The Morgan fingerprint density at radius 2 is 1.69 bits per heavy atom. The molecule has 0 spiro atoms. The zero-order valence-corrected chi connectivity index (χ0v) is 20.8. The van der Waals surface area contributed by atoms with Crippen LogP contribution < -0.4 is 20.5 Å². The smallest absolute Gasteiger partial charge is 0.338 e. The van der Waals surface area contributed by atoms with Crippen LogP contribution in [-0.2, 0) is 22.4 Å². The summed E-state index contributed by atoms with van der Waals surface area (Å²) in [4.78, 5) is 26.7. The van der Waals surface area contributed by atoms with Gasteiger partial charge in [0.1, 0.15) is 10.5 Å². The van der Waals surface area contributed by atoms with E-state index >= 15 is 0 Å². The fourth-order valence-electron chi connectivity index (χ4n) is 4.23. The van der Waals surface area contributed by atoms with Gasteiger partial charge in [-0.2, -0.15) is 5.26 Å². The molecule has 1 aromatic heterocycles. The highest BCUT2D eigenvalue weighted by molar-refractivity contribution is 7.07. The lowest BCUT2D eigenvalue weighted by Gasteiger charge is -2.24. The number of hydrogen-bond acceptors (Lipinski definition) is 6. The molecule has 0 radical (unpaired) electrons. The number of thiazole rings is 1. The molecule has 0 aliphatic carbocycles. The van der Waals surface area contributed by atoms with Crippen molar-refractivity contribution in [3.05, 3.63) is 95.9 Å². The highest BCUT2D eigenvalue weighted by Gasteiger charge is 2.36. The van der Waals surface area contributed by atoms with Crippen molar-refractivity contribution in [1.82, 2.24) is 4.57 Å². The van der Waals surface area contributed by atoms with E-state index in [9.17, 15) is 14.9 Å². The maximum Gasteiger partial charge on any atom is 0.338 e. The number of rotatable bonds is 6. The van der Waals surface area contributed by atoms with E-state index in [0.29, 0.717) is 9.20 Å². The van der Waals surface area contributed by atoms with Crippen LogP contribution in [0.25, 0.3) is 17.5 Å². The number of carbonyl (C=O) groups excluding carboxylic acids is 1. The first kappa shape index (κ1) is 24.2. The predicted molar refractivity (Wildman–Crippen MR) is 139 cm³/mol. The third kappa shape index (κ3) is 4.45. The maximum atomic E-state index is 13.4. The van der Waals surface area contributed by atoms with Crippen molar-refractivity contribution in [2.45, 2.75) is 39.5 Å². The highest BCUT2D eigenvalue weighted by atomic mass is 32.1. The Hall–Kier alpha value is -3.89. The lowest BCUT2D eigenvalue weighted by atomic mass is 9.83. The summed E-state index contributed by atoms with van der Waals surface area (Å²) < 4.78 is 7.48. The molecule has 1 atom stereocenters. The normalized spacial score (nSPS) is 15.7. The van der Waals surface area contributed by atoms with Gasteiger partial charge in [-0.1, -0.05) is 62.4 Å². The summed E-state index contributed by atoms with van der Waals surface area (Å²) in [5.74, 6) is -1.24. The zero-order valence-electron chi connectivity index (χ0n) is 20.0. The molecule has 2 heterocycles. The summed E-state index contributed by atoms with van der Waals surface area (Å²) in [6.45, 7) is 6.04. The third-order valence-corrected chi connectivity index (χ3v) is 7.28. The molecule has 2 N–H and O–H groups in total. The van der Waals surface area contributed by atoms with Gasteiger partial charge in [-0.25, -0.2) is 4.79 Å². The molecule has 4 rings (SSSR count). The summed E-state index contributed by atoms with van der Waals surface area (Å²) in [7, 11) is 0. The molecule has 1 aliphatic rings. The second-order valence-electron chi connectivity index (χ2n) is 8.22. The first-order chi connectivity index (χ1) is 16.9. The molecule has 3 aromatic rings. The molecular formula is C28H27N3O3S. The molecule has 0 fully saturated rings. The van der Waals surface area contributed by atoms with Crippen molar-refractivity contribution in [2.75, 3.05) is 6.61 Å². The van der Waals surface area contributed by atoms with Crippen LogP contribution in [0.1, 0.15) is 48.9 Å². The maximum absolute atomic E-state index is 13.4. The van der Waals surface area contributed by atoms with E-state index in [0.717, 1.165) is 29.5 Å². The summed E-state index contributed by atoms with van der Waals surface area (Å²) >= 11 is 1.18. The largest absolute Gasteiger partial charge is 0.463 e. The molecule has 0 bridgehead atoms. The molecule has 35 heavy (non-hydrogen) atoms. The van der Waals surface area contributed by atoms with Crippen LogP contribution in [0, 0.1) is 11.3 Å². The molecule has 6 nitrogen and oxygen atoms in total. The standard InChI is InChI=1S/C28H27N3O3S/c1-4-17-7-9-19(10-8-17)15-22-26(32)31-25(30)21(16-29)23(20-13-11-18(5-2)12-14-20)24(27(31)35-22)28(33)34-6-3/h7-15,23H,4-6,30H2,1-3H3/b22-15-. The van der Waals surface area contributed by atoms with Gasteiger partial charge >= 0.3 is 5.97 Å². The number of nitriles is 1. The molecule has 0 saturated carbocycles. The Kier molecular flexibility index (Phi) is 7.04. The summed E-state index contributed by atoms with van der Waals surface area (Å²) in [6, 6.07) is 17.8. The van der Waals surface area contributed by atoms with E-state index < -0.39 is 11.9 Å². The number of aromatic nitrogens is 1. The molecule has 0 saturated heterocycles. The van der Waals surface area contributed by atoms with E-state index in [4.69, 9.17) is 10.5 Å². The number of benzene rings is 2. The predicted octanol–water partition coefficient (Wildman–Crippen LogP) is 3.03. The van der Waals surface area contributed by atoms with Crippen LogP contribution in [0.4, 0.5) is 0 Å². The highest BCUT2D eigenvalue weighted by Crippen LogP contribution is 2.36. The minimum atomic E-state index is -0.723. The van der Waals surface area contributed by atoms with Crippen molar-refractivity contribution < 1.29 is 9.53 Å². The first-order valence-corrected chi connectivity index (χ1v) is 12.5. The number of aryl methyl sites for hydroxylation is 2. The van der Waals surface area contributed by atoms with Crippen LogP contribution in [0.15, 0.2) is 58.9 Å². The van der Waals surface area contributed by atoms with Gasteiger partial charge in [0, 0.05) is 0 Å². The zero-order chi connectivity index (χ0) is 25.1. The fraction of sp³-hybridized carbons (Fsp3) is 0.250. The van der Waals surface area contributed by atoms with Crippen molar-refractivity contribution in [3.63, 3.8) is 0 Å². The van der Waals surface area contributed by atoms with Crippen LogP contribution in [0.2, 0.25) is 0 Å². The number of ether oxygens (including phenoxy) is 1.